The Bertz CT molecular complexity index is 361. The molecule has 0 heterocycles. The zero-order chi connectivity index (χ0) is 20.1. The Balaban J connectivity index is 5.07. The largest absolute Gasteiger partial charge is 0.436 e. The lowest BCUT2D eigenvalue weighted by Gasteiger charge is -2.41. The Labute approximate surface area is 164 Å². The van der Waals surface area contributed by atoms with E-state index in [9.17, 15) is 0 Å². The molecule has 26 heavy (non-hydrogen) atoms. The lowest BCUT2D eigenvalue weighted by atomic mass is 10.5. The van der Waals surface area contributed by atoms with Crippen molar-refractivity contribution in [3.8, 4) is 0 Å². The van der Waals surface area contributed by atoms with Crippen LogP contribution in [0.2, 0.25) is 44.3 Å². The van der Waals surface area contributed by atoms with Crippen molar-refractivity contribution in [2.45, 2.75) is 63.6 Å². The van der Waals surface area contributed by atoms with Crippen molar-refractivity contribution < 1.29 is 26.9 Å². The highest BCUT2D eigenvalue weighted by Gasteiger charge is 2.45. The molecule has 158 valence electrons. The van der Waals surface area contributed by atoms with Crippen molar-refractivity contribution in [2.75, 3.05) is 48.3 Å². The van der Waals surface area contributed by atoms with Crippen LogP contribution >= 0.6 is 0 Å². The third-order valence-electron chi connectivity index (χ3n) is 4.44. The molecule has 9 heteroatoms. The monoisotopic (exact) mass is 426 g/mol. The average Bonchev–Trinajstić information content (AvgIpc) is 2.54. The number of hydrogen-bond donors (Lipinski definition) is 0. The van der Waals surface area contributed by atoms with Crippen molar-refractivity contribution in [2.24, 2.45) is 0 Å². The maximum atomic E-state index is 6.79. The second kappa shape index (κ2) is 13.6. The van der Waals surface area contributed by atoms with Gasteiger partial charge in [0.05, 0.1) is 0 Å². The van der Waals surface area contributed by atoms with Gasteiger partial charge in [0, 0.05) is 48.3 Å². The highest BCUT2D eigenvalue weighted by atomic mass is 28.5. The van der Waals surface area contributed by atoms with Crippen molar-refractivity contribution in [3.63, 3.8) is 0 Å². The predicted molar refractivity (Wildman–Crippen MR) is 114 cm³/mol. The molecular weight excluding hydrogens is 384 g/mol. The van der Waals surface area contributed by atoms with Gasteiger partial charge in [-0.15, -0.1) is 0 Å². The molecule has 0 aliphatic carbocycles. The van der Waals surface area contributed by atoms with E-state index in [2.05, 4.69) is 26.2 Å². The van der Waals surface area contributed by atoms with Gasteiger partial charge in [0.15, 0.2) is 8.32 Å². The van der Waals surface area contributed by atoms with Gasteiger partial charge in [-0.3, -0.25) is 0 Å². The SMILES string of the molecule is COCCC[Si](C)(C)O[Si](C)(CCCOC)O[Si](C)(CCCOC)OC. The number of ether oxygens (including phenoxy) is 3. The van der Waals surface area contributed by atoms with Crippen molar-refractivity contribution >= 4 is 25.4 Å². The molecule has 0 aromatic carbocycles. The van der Waals surface area contributed by atoms with Crippen LogP contribution in [0.3, 0.4) is 0 Å². The summed E-state index contributed by atoms with van der Waals surface area (Å²) in [5, 5.41) is 0. The molecule has 0 saturated carbocycles. The molecular formula is C17H42O6Si3. The minimum absolute atomic E-state index is 0.732. The van der Waals surface area contributed by atoms with E-state index in [0.29, 0.717) is 0 Å². The molecule has 6 nitrogen and oxygen atoms in total. The van der Waals surface area contributed by atoms with Crippen LogP contribution in [-0.4, -0.2) is 73.7 Å². The minimum Gasteiger partial charge on any atom is -0.436 e. The van der Waals surface area contributed by atoms with Crippen LogP contribution < -0.4 is 0 Å². The van der Waals surface area contributed by atoms with Crippen molar-refractivity contribution in [1.29, 1.82) is 0 Å². The second-order valence-corrected chi connectivity index (χ2v) is 19.3. The highest BCUT2D eigenvalue weighted by Crippen LogP contribution is 2.30. The molecule has 0 rings (SSSR count). The Morgan fingerprint density at radius 1 is 0.538 bits per heavy atom. The number of methoxy groups -OCH3 is 3. The lowest BCUT2D eigenvalue weighted by molar-refractivity contribution is 0.189. The topological polar surface area (TPSA) is 55.4 Å². The van der Waals surface area contributed by atoms with Crippen LogP contribution in [0.15, 0.2) is 0 Å². The summed E-state index contributed by atoms with van der Waals surface area (Å²) in [4.78, 5) is 0. The quantitative estimate of drug-likeness (QED) is 0.257. The first kappa shape index (κ1) is 26.4. The normalized spacial score (nSPS) is 17.1. The Kier molecular flexibility index (Phi) is 13.8. The molecule has 0 radical (unpaired) electrons. The molecule has 2 unspecified atom stereocenters. The van der Waals surface area contributed by atoms with Crippen LogP contribution in [-0.2, 0) is 26.9 Å². The molecule has 2 atom stereocenters. The summed E-state index contributed by atoms with van der Waals surface area (Å²) < 4.78 is 35.1. The van der Waals surface area contributed by atoms with E-state index >= 15 is 0 Å². The fourth-order valence-electron chi connectivity index (χ4n) is 3.13. The second-order valence-electron chi connectivity index (χ2n) is 7.72. The van der Waals surface area contributed by atoms with Crippen LogP contribution in [0, 0.1) is 0 Å². The Morgan fingerprint density at radius 3 is 1.38 bits per heavy atom. The van der Waals surface area contributed by atoms with E-state index < -0.39 is 25.4 Å². The van der Waals surface area contributed by atoms with Gasteiger partial charge in [0.2, 0.25) is 0 Å². The molecule has 0 amide bonds. The summed E-state index contributed by atoms with van der Waals surface area (Å²) >= 11 is 0. The lowest BCUT2D eigenvalue weighted by Crippen LogP contribution is -2.56. The first-order valence-electron chi connectivity index (χ1n) is 9.58. The van der Waals surface area contributed by atoms with Crippen molar-refractivity contribution in [3.05, 3.63) is 0 Å². The molecule has 0 aromatic rings. The third kappa shape index (κ3) is 12.0. The van der Waals surface area contributed by atoms with E-state index in [4.69, 9.17) is 26.9 Å². The van der Waals surface area contributed by atoms with Gasteiger partial charge >= 0.3 is 17.1 Å². The Hall–Kier alpha value is 0.411. The van der Waals surface area contributed by atoms with E-state index in [1.807, 2.05) is 0 Å². The van der Waals surface area contributed by atoms with Crippen LogP contribution in [0.25, 0.3) is 0 Å². The summed E-state index contributed by atoms with van der Waals surface area (Å²) in [6.45, 7) is 11.2. The zero-order valence-electron chi connectivity index (χ0n) is 18.3. The van der Waals surface area contributed by atoms with Crippen LogP contribution in [0.4, 0.5) is 0 Å². The number of hydrogen-bond acceptors (Lipinski definition) is 6. The van der Waals surface area contributed by atoms with E-state index in [1.165, 1.54) is 0 Å². The smallest absolute Gasteiger partial charge is 0.325 e. The Morgan fingerprint density at radius 2 is 0.962 bits per heavy atom. The summed E-state index contributed by atoms with van der Waals surface area (Å²) in [6.07, 6.45) is 2.93. The van der Waals surface area contributed by atoms with E-state index in [0.717, 1.165) is 57.2 Å². The van der Waals surface area contributed by atoms with Gasteiger partial charge in [0.1, 0.15) is 0 Å². The molecule has 0 fully saturated rings. The molecule has 0 N–H and O–H groups in total. The van der Waals surface area contributed by atoms with Gasteiger partial charge in [-0.05, 0) is 63.6 Å². The standard InChI is InChI=1S/C17H42O6Si3/c1-18-12-9-15-24(5,6)22-26(8,17-11-14-20-3)23-25(7,21-4)16-10-13-19-2/h9-17H2,1-8H3. The maximum absolute atomic E-state index is 6.79. The van der Waals surface area contributed by atoms with Crippen LogP contribution in [0.1, 0.15) is 19.3 Å². The molecule has 0 saturated heterocycles. The summed E-state index contributed by atoms with van der Waals surface area (Å²) in [6, 6.07) is 2.92. The van der Waals surface area contributed by atoms with Gasteiger partial charge in [-0.25, -0.2) is 0 Å². The van der Waals surface area contributed by atoms with Crippen molar-refractivity contribution in [1.82, 2.24) is 0 Å². The van der Waals surface area contributed by atoms with Gasteiger partial charge < -0.3 is 26.9 Å². The minimum atomic E-state index is -2.36. The number of rotatable bonds is 17. The summed E-state index contributed by atoms with van der Waals surface area (Å²) in [7, 11) is 0.513. The fourth-order valence-corrected chi connectivity index (χ4v) is 16.7. The van der Waals surface area contributed by atoms with E-state index in [1.54, 1.807) is 28.4 Å². The zero-order valence-corrected chi connectivity index (χ0v) is 21.3. The molecule has 0 aromatic heterocycles. The highest BCUT2D eigenvalue weighted by molar-refractivity contribution is 6.87. The van der Waals surface area contributed by atoms with E-state index in [-0.39, 0.29) is 0 Å². The molecule has 0 bridgehead atoms. The third-order valence-corrected chi connectivity index (χ3v) is 16.8. The van der Waals surface area contributed by atoms with Gasteiger partial charge in [0.25, 0.3) is 0 Å². The maximum Gasteiger partial charge on any atom is 0.325 e. The summed E-state index contributed by atoms with van der Waals surface area (Å²) in [5.74, 6) is 0. The molecule has 0 spiro atoms. The van der Waals surface area contributed by atoms with Gasteiger partial charge in [-0.2, -0.15) is 0 Å². The average molecular weight is 427 g/mol. The fraction of sp³-hybridized carbons (Fsp3) is 1.00. The molecule has 0 aliphatic rings. The van der Waals surface area contributed by atoms with Gasteiger partial charge in [-0.1, -0.05) is 0 Å². The summed E-state index contributed by atoms with van der Waals surface area (Å²) in [5.41, 5.74) is 0. The van der Waals surface area contributed by atoms with Crippen LogP contribution in [0.5, 0.6) is 0 Å². The first-order valence-corrected chi connectivity index (χ1v) is 17.7. The molecule has 0 aliphatic heterocycles. The predicted octanol–water partition coefficient (Wildman–Crippen LogP) is 4.12. The first-order chi connectivity index (χ1) is 12.2.